The van der Waals surface area contributed by atoms with Gasteiger partial charge in [-0.1, -0.05) is 11.3 Å². The Hall–Kier alpha value is -2.74. The molecule has 0 aliphatic rings. The molecule has 3 aromatic heterocycles. The summed E-state index contributed by atoms with van der Waals surface area (Å²) in [6.07, 6.45) is 5.72. The van der Waals surface area contributed by atoms with Crippen LogP contribution in [0.3, 0.4) is 0 Å². The van der Waals surface area contributed by atoms with E-state index < -0.39 is 0 Å². The Balaban J connectivity index is 1.38. The third-order valence-electron chi connectivity index (χ3n) is 4.02. The second-order valence-electron chi connectivity index (χ2n) is 5.82. The smallest absolute Gasteiger partial charge is 0.214 e. The molecule has 8 heteroatoms. The molecule has 0 saturated carbocycles. The first-order valence-corrected chi connectivity index (χ1v) is 8.85. The molecule has 0 unspecified atom stereocenters. The van der Waals surface area contributed by atoms with Crippen molar-refractivity contribution in [3.05, 3.63) is 53.7 Å². The molecule has 4 aromatic rings. The standard InChI is InChI=1S/C17H17FN6S/c1-11-13(9-20-22-11)3-2-8-19-16-23-24-10-15(21-17(24)25-16)12-4-6-14(18)7-5-12/h4-7,9-10H,2-3,8H2,1H3,(H,19,23)(H,20,22). The zero-order valence-electron chi connectivity index (χ0n) is 13.7. The molecule has 4 rings (SSSR count). The summed E-state index contributed by atoms with van der Waals surface area (Å²) in [5.74, 6) is -0.250. The Labute approximate surface area is 147 Å². The Bertz CT molecular complexity index is 953. The zero-order chi connectivity index (χ0) is 17.2. The van der Waals surface area contributed by atoms with E-state index in [-0.39, 0.29) is 5.82 Å². The fourth-order valence-electron chi connectivity index (χ4n) is 2.63. The third-order valence-corrected chi connectivity index (χ3v) is 4.90. The normalized spacial score (nSPS) is 11.3. The van der Waals surface area contributed by atoms with E-state index in [0.29, 0.717) is 0 Å². The van der Waals surface area contributed by atoms with E-state index in [1.807, 2.05) is 19.3 Å². The molecular formula is C17H17FN6S. The molecule has 3 heterocycles. The summed E-state index contributed by atoms with van der Waals surface area (Å²) in [5.41, 5.74) is 4.05. The van der Waals surface area contributed by atoms with Gasteiger partial charge in [0.05, 0.1) is 18.1 Å². The van der Waals surface area contributed by atoms with Crippen LogP contribution in [0.4, 0.5) is 9.52 Å². The summed E-state index contributed by atoms with van der Waals surface area (Å²) < 4.78 is 14.8. The number of halogens is 1. The number of hydrogen-bond donors (Lipinski definition) is 2. The van der Waals surface area contributed by atoms with Gasteiger partial charge >= 0.3 is 0 Å². The average molecular weight is 356 g/mol. The van der Waals surface area contributed by atoms with Gasteiger partial charge in [0, 0.05) is 17.8 Å². The predicted octanol–water partition coefficient (Wildman–Crippen LogP) is 3.67. The van der Waals surface area contributed by atoms with E-state index in [4.69, 9.17) is 0 Å². The van der Waals surface area contributed by atoms with Crippen LogP contribution in [0.5, 0.6) is 0 Å². The summed E-state index contributed by atoms with van der Waals surface area (Å²) >= 11 is 1.50. The highest BCUT2D eigenvalue weighted by atomic mass is 32.1. The molecule has 128 valence electrons. The van der Waals surface area contributed by atoms with Gasteiger partial charge in [-0.3, -0.25) is 5.10 Å². The molecule has 0 bridgehead atoms. The lowest BCUT2D eigenvalue weighted by Crippen LogP contribution is -2.03. The first-order valence-electron chi connectivity index (χ1n) is 8.04. The van der Waals surface area contributed by atoms with Crippen molar-refractivity contribution >= 4 is 21.4 Å². The van der Waals surface area contributed by atoms with Crippen LogP contribution < -0.4 is 5.32 Å². The number of aromatic nitrogens is 5. The molecule has 1 aromatic carbocycles. The van der Waals surface area contributed by atoms with Crippen LogP contribution in [-0.2, 0) is 6.42 Å². The molecule has 2 N–H and O–H groups in total. The second kappa shape index (κ2) is 6.64. The minimum atomic E-state index is -0.250. The summed E-state index contributed by atoms with van der Waals surface area (Å²) in [6, 6.07) is 6.31. The molecule has 0 amide bonds. The van der Waals surface area contributed by atoms with Crippen LogP contribution >= 0.6 is 11.3 Å². The van der Waals surface area contributed by atoms with E-state index in [0.717, 1.165) is 46.4 Å². The van der Waals surface area contributed by atoms with Crippen LogP contribution in [0.25, 0.3) is 16.2 Å². The molecule has 0 spiro atoms. The number of rotatable bonds is 6. The fourth-order valence-corrected chi connectivity index (χ4v) is 3.44. The number of anilines is 1. The first-order chi connectivity index (χ1) is 12.2. The maximum atomic E-state index is 13.0. The lowest BCUT2D eigenvalue weighted by molar-refractivity contribution is 0.628. The van der Waals surface area contributed by atoms with Crippen LogP contribution in [0.1, 0.15) is 17.7 Å². The predicted molar refractivity (Wildman–Crippen MR) is 96.4 cm³/mol. The van der Waals surface area contributed by atoms with E-state index in [1.54, 1.807) is 16.6 Å². The molecule has 0 atom stereocenters. The molecule has 0 radical (unpaired) electrons. The number of aryl methyl sites for hydroxylation is 2. The van der Waals surface area contributed by atoms with Crippen LogP contribution in [0, 0.1) is 12.7 Å². The van der Waals surface area contributed by atoms with Crippen LogP contribution in [0.15, 0.2) is 36.7 Å². The zero-order valence-corrected chi connectivity index (χ0v) is 14.5. The Morgan fingerprint density at radius 3 is 2.84 bits per heavy atom. The van der Waals surface area contributed by atoms with Gasteiger partial charge in [0.1, 0.15) is 5.82 Å². The maximum Gasteiger partial charge on any atom is 0.214 e. The highest BCUT2D eigenvalue weighted by molar-refractivity contribution is 7.20. The summed E-state index contributed by atoms with van der Waals surface area (Å²) in [5, 5.41) is 15.7. The average Bonchev–Trinajstić information content (AvgIpc) is 3.27. The summed E-state index contributed by atoms with van der Waals surface area (Å²) in [4.78, 5) is 5.37. The molecule has 0 aliphatic heterocycles. The molecule has 0 saturated heterocycles. The Morgan fingerprint density at radius 2 is 2.12 bits per heavy atom. The highest BCUT2D eigenvalue weighted by Crippen LogP contribution is 2.24. The first kappa shape index (κ1) is 15.8. The molecule has 6 nitrogen and oxygen atoms in total. The molecule has 0 aliphatic carbocycles. The number of imidazole rings is 1. The molecule has 25 heavy (non-hydrogen) atoms. The van der Waals surface area contributed by atoms with Crippen molar-refractivity contribution in [3.63, 3.8) is 0 Å². The van der Waals surface area contributed by atoms with Crippen LogP contribution in [-0.4, -0.2) is 31.3 Å². The quantitative estimate of drug-likeness (QED) is 0.517. The number of benzene rings is 1. The molecular weight excluding hydrogens is 339 g/mol. The lowest BCUT2D eigenvalue weighted by Gasteiger charge is -2.01. The van der Waals surface area contributed by atoms with Gasteiger partial charge in [-0.2, -0.15) is 5.10 Å². The van der Waals surface area contributed by atoms with Crippen molar-refractivity contribution in [1.29, 1.82) is 0 Å². The van der Waals surface area contributed by atoms with E-state index in [2.05, 4.69) is 25.6 Å². The maximum absolute atomic E-state index is 13.0. The summed E-state index contributed by atoms with van der Waals surface area (Å²) in [7, 11) is 0. The molecule has 0 fully saturated rings. The number of hydrogen-bond acceptors (Lipinski definition) is 5. The van der Waals surface area contributed by atoms with E-state index in [9.17, 15) is 4.39 Å². The van der Waals surface area contributed by atoms with Gasteiger partial charge in [-0.25, -0.2) is 13.9 Å². The van der Waals surface area contributed by atoms with E-state index in [1.165, 1.54) is 29.0 Å². The number of aromatic amines is 1. The van der Waals surface area contributed by atoms with Gasteiger partial charge in [0.2, 0.25) is 10.1 Å². The van der Waals surface area contributed by atoms with Crippen molar-refractivity contribution in [1.82, 2.24) is 24.8 Å². The van der Waals surface area contributed by atoms with Gasteiger partial charge in [-0.05, 0) is 49.6 Å². The number of nitrogens with zero attached hydrogens (tertiary/aromatic N) is 4. The van der Waals surface area contributed by atoms with Crippen molar-refractivity contribution in [2.24, 2.45) is 0 Å². The van der Waals surface area contributed by atoms with Crippen LogP contribution in [0.2, 0.25) is 0 Å². The Kier molecular flexibility index (Phi) is 4.19. The van der Waals surface area contributed by atoms with Crippen molar-refractivity contribution in [3.8, 4) is 11.3 Å². The lowest BCUT2D eigenvalue weighted by atomic mass is 10.1. The fraction of sp³-hybridized carbons (Fsp3) is 0.235. The van der Waals surface area contributed by atoms with E-state index >= 15 is 0 Å². The second-order valence-corrected chi connectivity index (χ2v) is 6.77. The third kappa shape index (κ3) is 3.39. The number of H-pyrrole nitrogens is 1. The largest absolute Gasteiger partial charge is 0.360 e. The topological polar surface area (TPSA) is 70.9 Å². The minimum absolute atomic E-state index is 0.250. The Morgan fingerprint density at radius 1 is 1.28 bits per heavy atom. The number of nitrogens with one attached hydrogen (secondary N) is 2. The van der Waals surface area contributed by atoms with Crippen molar-refractivity contribution < 1.29 is 4.39 Å². The summed E-state index contributed by atoms with van der Waals surface area (Å²) in [6.45, 7) is 2.87. The SMILES string of the molecule is Cc1[nH]ncc1CCCNc1nn2cc(-c3ccc(F)cc3)nc2s1. The van der Waals surface area contributed by atoms with Crippen molar-refractivity contribution in [2.75, 3.05) is 11.9 Å². The minimum Gasteiger partial charge on any atom is -0.360 e. The van der Waals surface area contributed by atoms with Gasteiger partial charge in [0.25, 0.3) is 0 Å². The monoisotopic (exact) mass is 356 g/mol. The van der Waals surface area contributed by atoms with Gasteiger partial charge < -0.3 is 5.32 Å². The number of fused-ring (bicyclic) bond motifs is 1. The van der Waals surface area contributed by atoms with Crippen molar-refractivity contribution in [2.45, 2.75) is 19.8 Å². The van der Waals surface area contributed by atoms with Gasteiger partial charge in [0.15, 0.2) is 0 Å². The van der Waals surface area contributed by atoms with Gasteiger partial charge in [-0.15, -0.1) is 5.10 Å². The highest BCUT2D eigenvalue weighted by Gasteiger charge is 2.09.